The molecule has 2 aromatic carbocycles. The first kappa shape index (κ1) is 20.2. The summed E-state index contributed by atoms with van der Waals surface area (Å²) in [6.45, 7) is 2.42. The van der Waals surface area contributed by atoms with Gasteiger partial charge in [-0.15, -0.1) is 0 Å². The Balaban J connectivity index is 2.03. The molecular formula is C18H21ClN2O4S. The lowest BCUT2D eigenvalue weighted by atomic mass is 10.2. The summed E-state index contributed by atoms with van der Waals surface area (Å²) in [5.41, 5.74) is 0.979. The largest absolute Gasteiger partial charge is 0.495 e. The Morgan fingerprint density at radius 2 is 1.88 bits per heavy atom. The molecule has 0 bridgehead atoms. The summed E-state index contributed by atoms with van der Waals surface area (Å²) < 4.78 is 32.1. The van der Waals surface area contributed by atoms with Crippen LogP contribution in [0.5, 0.6) is 5.75 Å². The van der Waals surface area contributed by atoms with Crippen LogP contribution in [0.4, 0.5) is 0 Å². The molecule has 0 aliphatic heterocycles. The molecule has 0 atom stereocenters. The lowest BCUT2D eigenvalue weighted by Gasteiger charge is -2.21. The average Bonchev–Trinajstić information content (AvgIpc) is 2.65. The molecule has 0 radical (unpaired) electrons. The van der Waals surface area contributed by atoms with Crippen molar-refractivity contribution in [2.75, 3.05) is 20.2 Å². The second-order valence-electron chi connectivity index (χ2n) is 5.51. The molecule has 0 saturated heterocycles. The van der Waals surface area contributed by atoms with Crippen LogP contribution >= 0.6 is 11.6 Å². The number of carbonyl (C=O) groups excluding carboxylic acids is 1. The molecule has 140 valence electrons. The molecule has 0 fully saturated rings. The van der Waals surface area contributed by atoms with Crippen LogP contribution in [0.3, 0.4) is 0 Å². The average molecular weight is 397 g/mol. The van der Waals surface area contributed by atoms with Gasteiger partial charge in [0.1, 0.15) is 5.75 Å². The summed E-state index contributed by atoms with van der Waals surface area (Å²) in [6.07, 6.45) is 0. The molecule has 1 amide bonds. The maximum absolute atomic E-state index is 12.4. The van der Waals surface area contributed by atoms with Crippen LogP contribution in [0.2, 0.25) is 5.02 Å². The number of ether oxygens (including phenoxy) is 1. The number of rotatable bonds is 8. The van der Waals surface area contributed by atoms with E-state index in [2.05, 4.69) is 4.72 Å². The summed E-state index contributed by atoms with van der Waals surface area (Å²) in [5.74, 6) is 0.0706. The second-order valence-corrected chi connectivity index (χ2v) is 7.69. The van der Waals surface area contributed by atoms with E-state index in [0.717, 1.165) is 5.56 Å². The molecule has 8 heteroatoms. The van der Waals surface area contributed by atoms with Crippen LogP contribution < -0.4 is 9.46 Å². The van der Waals surface area contributed by atoms with E-state index in [0.29, 0.717) is 18.8 Å². The third-order valence-electron chi connectivity index (χ3n) is 3.80. The van der Waals surface area contributed by atoms with Gasteiger partial charge >= 0.3 is 0 Å². The molecule has 0 spiro atoms. The SMILES string of the molecule is CCN(Cc1ccccc1)C(=O)CNS(=O)(=O)c1ccc(OC)c(Cl)c1. The molecule has 0 heterocycles. The number of nitrogens with one attached hydrogen (secondary N) is 1. The van der Waals surface area contributed by atoms with Crippen LogP contribution in [0.1, 0.15) is 12.5 Å². The zero-order valence-electron chi connectivity index (χ0n) is 14.6. The monoisotopic (exact) mass is 396 g/mol. The Morgan fingerprint density at radius 1 is 1.19 bits per heavy atom. The van der Waals surface area contributed by atoms with Gasteiger partial charge in [0.25, 0.3) is 0 Å². The van der Waals surface area contributed by atoms with Crippen LogP contribution in [0.15, 0.2) is 53.4 Å². The maximum atomic E-state index is 12.4. The standard InChI is InChI=1S/C18H21ClN2O4S/c1-3-21(13-14-7-5-4-6-8-14)18(22)12-20-26(23,24)15-9-10-17(25-2)16(19)11-15/h4-11,20H,3,12-13H2,1-2H3. The number of carbonyl (C=O) groups is 1. The van der Waals surface area contributed by atoms with Gasteiger partial charge in [0.15, 0.2) is 0 Å². The lowest BCUT2D eigenvalue weighted by molar-refractivity contribution is -0.130. The number of hydrogen-bond acceptors (Lipinski definition) is 4. The maximum Gasteiger partial charge on any atom is 0.241 e. The van der Waals surface area contributed by atoms with Gasteiger partial charge in [0.2, 0.25) is 15.9 Å². The highest BCUT2D eigenvalue weighted by Crippen LogP contribution is 2.26. The number of hydrogen-bond donors (Lipinski definition) is 1. The fraction of sp³-hybridized carbons (Fsp3) is 0.278. The van der Waals surface area contributed by atoms with E-state index < -0.39 is 10.0 Å². The number of benzene rings is 2. The number of likely N-dealkylation sites (N-methyl/N-ethyl adjacent to an activating group) is 1. The molecule has 0 aliphatic rings. The Labute approximate surface area is 158 Å². The lowest BCUT2D eigenvalue weighted by Crippen LogP contribution is -2.39. The van der Waals surface area contributed by atoms with Crippen molar-refractivity contribution in [1.82, 2.24) is 9.62 Å². The topological polar surface area (TPSA) is 75.7 Å². The van der Waals surface area contributed by atoms with Crippen molar-refractivity contribution < 1.29 is 17.9 Å². The van der Waals surface area contributed by atoms with E-state index in [9.17, 15) is 13.2 Å². The molecule has 0 aliphatic carbocycles. The van der Waals surface area contributed by atoms with Crippen molar-refractivity contribution in [1.29, 1.82) is 0 Å². The smallest absolute Gasteiger partial charge is 0.241 e. The third kappa shape index (κ3) is 5.20. The predicted octanol–water partition coefficient (Wildman–Crippen LogP) is 2.68. The van der Waals surface area contributed by atoms with E-state index in [1.54, 1.807) is 4.90 Å². The van der Waals surface area contributed by atoms with E-state index >= 15 is 0 Å². The first-order valence-corrected chi connectivity index (χ1v) is 9.88. The highest BCUT2D eigenvalue weighted by Gasteiger charge is 2.19. The predicted molar refractivity (Wildman–Crippen MR) is 101 cm³/mol. The van der Waals surface area contributed by atoms with Crippen LogP contribution in [0.25, 0.3) is 0 Å². The van der Waals surface area contributed by atoms with Gasteiger partial charge in [-0.25, -0.2) is 13.1 Å². The van der Waals surface area contributed by atoms with Crippen molar-refractivity contribution in [2.45, 2.75) is 18.4 Å². The highest BCUT2D eigenvalue weighted by atomic mass is 35.5. The minimum atomic E-state index is -3.85. The Hall–Kier alpha value is -2.09. The molecule has 0 unspecified atom stereocenters. The summed E-state index contributed by atoms with van der Waals surface area (Å²) in [4.78, 5) is 13.9. The number of amides is 1. The van der Waals surface area contributed by atoms with Gasteiger partial charge in [-0.2, -0.15) is 0 Å². The minimum absolute atomic E-state index is 0.0257. The normalized spacial score (nSPS) is 11.2. The van der Waals surface area contributed by atoms with E-state index in [-0.39, 0.29) is 22.4 Å². The second kappa shape index (κ2) is 9.02. The van der Waals surface area contributed by atoms with Crippen molar-refractivity contribution in [3.63, 3.8) is 0 Å². The number of nitrogens with zero attached hydrogens (tertiary/aromatic N) is 1. The number of methoxy groups -OCH3 is 1. The van der Waals surface area contributed by atoms with Crippen molar-refractivity contribution in [3.05, 3.63) is 59.1 Å². The Morgan fingerprint density at radius 3 is 2.46 bits per heavy atom. The van der Waals surface area contributed by atoms with E-state index in [1.807, 2.05) is 37.3 Å². The molecule has 0 saturated carbocycles. The summed E-state index contributed by atoms with van der Waals surface area (Å²) >= 11 is 5.97. The quantitative estimate of drug-likeness (QED) is 0.744. The fourth-order valence-corrected chi connectivity index (χ4v) is 3.67. The molecule has 1 N–H and O–H groups in total. The van der Waals surface area contributed by atoms with Gasteiger partial charge in [-0.1, -0.05) is 41.9 Å². The van der Waals surface area contributed by atoms with Crippen molar-refractivity contribution in [2.24, 2.45) is 0 Å². The summed E-state index contributed by atoms with van der Waals surface area (Å²) in [6, 6.07) is 13.6. The van der Waals surface area contributed by atoms with Gasteiger partial charge in [0.05, 0.1) is 23.6 Å². The fourth-order valence-electron chi connectivity index (χ4n) is 2.35. The molecule has 2 aromatic rings. The van der Waals surface area contributed by atoms with Crippen LogP contribution in [-0.2, 0) is 21.4 Å². The highest BCUT2D eigenvalue weighted by molar-refractivity contribution is 7.89. The zero-order valence-corrected chi connectivity index (χ0v) is 16.2. The van der Waals surface area contributed by atoms with Gasteiger partial charge in [0, 0.05) is 13.1 Å². The van der Waals surface area contributed by atoms with Crippen LogP contribution in [-0.4, -0.2) is 39.4 Å². The third-order valence-corrected chi connectivity index (χ3v) is 5.49. The zero-order chi connectivity index (χ0) is 19.2. The number of sulfonamides is 1. The van der Waals surface area contributed by atoms with Crippen molar-refractivity contribution in [3.8, 4) is 5.75 Å². The molecule has 2 rings (SSSR count). The minimum Gasteiger partial charge on any atom is -0.495 e. The van der Waals surface area contributed by atoms with Crippen molar-refractivity contribution >= 4 is 27.5 Å². The van der Waals surface area contributed by atoms with E-state index in [4.69, 9.17) is 16.3 Å². The van der Waals surface area contributed by atoms with Gasteiger partial charge in [-0.3, -0.25) is 4.79 Å². The van der Waals surface area contributed by atoms with Gasteiger partial charge < -0.3 is 9.64 Å². The first-order valence-electron chi connectivity index (χ1n) is 8.02. The summed E-state index contributed by atoms with van der Waals surface area (Å²) in [7, 11) is -2.41. The Bertz CT molecular complexity index is 857. The molecule has 6 nitrogen and oxygen atoms in total. The summed E-state index contributed by atoms with van der Waals surface area (Å²) in [5, 5.41) is 0.181. The number of halogens is 1. The molecule has 26 heavy (non-hydrogen) atoms. The van der Waals surface area contributed by atoms with Gasteiger partial charge in [-0.05, 0) is 30.7 Å². The van der Waals surface area contributed by atoms with E-state index in [1.165, 1.54) is 25.3 Å². The van der Waals surface area contributed by atoms with Crippen LogP contribution in [0, 0.1) is 0 Å². The molecular weight excluding hydrogens is 376 g/mol. The molecule has 0 aromatic heterocycles. The Kier molecular flexibility index (Phi) is 7.02. The first-order chi connectivity index (χ1) is 12.4.